The zero-order valence-corrected chi connectivity index (χ0v) is 8.98. The molecule has 13 heavy (non-hydrogen) atoms. The van der Waals surface area contributed by atoms with E-state index in [2.05, 4.69) is 26.0 Å². The number of ketones is 1. The minimum Gasteiger partial charge on any atom is -0.295 e. The highest BCUT2D eigenvalue weighted by atomic mass is 16.1. The van der Waals surface area contributed by atoms with Gasteiger partial charge in [-0.25, -0.2) is 0 Å². The Hall–Kier alpha value is -0.850. The lowest BCUT2D eigenvalue weighted by Gasteiger charge is -2.32. The van der Waals surface area contributed by atoms with Gasteiger partial charge >= 0.3 is 0 Å². The summed E-state index contributed by atoms with van der Waals surface area (Å²) in [5.74, 6) is 0.228. The van der Waals surface area contributed by atoms with Crippen LogP contribution in [0.1, 0.15) is 40.5 Å². The average molecular weight is 178 g/mol. The lowest BCUT2D eigenvalue weighted by molar-refractivity contribution is -0.114. The molecule has 0 aliphatic heterocycles. The monoisotopic (exact) mass is 178 g/mol. The number of hydrogen-bond donors (Lipinski definition) is 0. The first-order valence-electron chi connectivity index (χ1n) is 4.90. The Morgan fingerprint density at radius 3 is 2.62 bits per heavy atom. The predicted molar refractivity (Wildman–Crippen MR) is 55.5 cm³/mol. The minimum absolute atomic E-state index is 0.0741. The molecular formula is C12H18O. The van der Waals surface area contributed by atoms with Crippen LogP contribution >= 0.6 is 0 Å². The molecular weight excluding hydrogens is 160 g/mol. The van der Waals surface area contributed by atoms with Crippen molar-refractivity contribution in [3.63, 3.8) is 0 Å². The Morgan fingerprint density at radius 2 is 2.23 bits per heavy atom. The van der Waals surface area contributed by atoms with Gasteiger partial charge in [0.05, 0.1) is 0 Å². The van der Waals surface area contributed by atoms with Gasteiger partial charge in [-0.1, -0.05) is 26.0 Å². The van der Waals surface area contributed by atoms with E-state index in [1.165, 1.54) is 0 Å². The molecule has 0 aromatic heterocycles. The summed E-state index contributed by atoms with van der Waals surface area (Å²) in [5, 5.41) is 0. The molecule has 0 fully saturated rings. The highest BCUT2D eigenvalue weighted by Crippen LogP contribution is 2.40. The third kappa shape index (κ3) is 1.74. The first kappa shape index (κ1) is 10.2. The molecule has 0 radical (unpaired) electrons. The second-order valence-electron chi connectivity index (χ2n) is 4.13. The van der Waals surface area contributed by atoms with E-state index < -0.39 is 0 Å². The Morgan fingerprint density at radius 1 is 1.62 bits per heavy atom. The number of rotatable bonds is 2. The predicted octanol–water partition coefficient (Wildman–Crippen LogP) is 3.27. The summed E-state index contributed by atoms with van der Waals surface area (Å²) in [6, 6.07) is 0. The summed E-state index contributed by atoms with van der Waals surface area (Å²) in [7, 11) is 0. The molecule has 72 valence electrons. The van der Waals surface area contributed by atoms with Crippen LogP contribution in [-0.2, 0) is 4.79 Å². The van der Waals surface area contributed by atoms with E-state index in [-0.39, 0.29) is 11.2 Å². The summed E-state index contributed by atoms with van der Waals surface area (Å²) in [6.07, 6.45) is 6.26. The second kappa shape index (κ2) is 3.49. The van der Waals surface area contributed by atoms with E-state index in [0.29, 0.717) is 0 Å². The summed E-state index contributed by atoms with van der Waals surface area (Å²) >= 11 is 0. The van der Waals surface area contributed by atoms with Gasteiger partial charge in [-0.2, -0.15) is 0 Å². The van der Waals surface area contributed by atoms with Gasteiger partial charge in [-0.05, 0) is 37.7 Å². The first-order valence-corrected chi connectivity index (χ1v) is 4.90. The molecule has 1 nitrogen and oxygen atoms in total. The zero-order chi connectivity index (χ0) is 10.1. The molecule has 0 saturated heterocycles. The first-order chi connectivity index (χ1) is 6.01. The SMILES string of the molecule is CCC1(C)CC=CC(C)=C1C(C)=O. The number of carbonyl (C=O) groups is 1. The summed E-state index contributed by atoms with van der Waals surface area (Å²) in [5.41, 5.74) is 2.24. The third-order valence-corrected chi connectivity index (χ3v) is 3.07. The Labute approximate surface area is 80.5 Å². The molecule has 1 unspecified atom stereocenters. The molecule has 1 rings (SSSR count). The number of carbonyl (C=O) groups excluding carboxylic acids is 1. The average Bonchev–Trinajstić information content (AvgIpc) is 2.03. The fourth-order valence-corrected chi connectivity index (χ4v) is 2.18. The number of hydrogen-bond acceptors (Lipinski definition) is 1. The maximum absolute atomic E-state index is 11.5. The summed E-state index contributed by atoms with van der Waals surface area (Å²) in [6.45, 7) is 8.03. The highest BCUT2D eigenvalue weighted by molar-refractivity contribution is 5.96. The molecule has 1 heteroatoms. The number of allylic oxidation sites excluding steroid dienone is 4. The lowest BCUT2D eigenvalue weighted by Crippen LogP contribution is -2.25. The quantitative estimate of drug-likeness (QED) is 0.634. The van der Waals surface area contributed by atoms with E-state index >= 15 is 0 Å². The molecule has 0 aromatic carbocycles. The standard InChI is InChI=1S/C12H18O/c1-5-12(4)8-6-7-9(2)11(12)10(3)13/h6-7H,5,8H2,1-4H3. The maximum atomic E-state index is 11.5. The second-order valence-corrected chi connectivity index (χ2v) is 4.13. The summed E-state index contributed by atoms with van der Waals surface area (Å²) < 4.78 is 0. The molecule has 0 amide bonds. The van der Waals surface area contributed by atoms with E-state index in [1.807, 2.05) is 6.92 Å². The molecule has 0 bridgehead atoms. The van der Waals surface area contributed by atoms with Crippen molar-refractivity contribution in [2.75, 3.05) is 0 Å². The smallest absolute Gasteiger partial charge is 0.156 e. The van der Waals surface area contributed by atoms with Crippen LogP contribution in [0.15, 0.2) is 23.3 Å². The van der Waals surface area contributed by atoms with E-state index in [4.69, 9.17) is 0 Å². The number of Topliss-reactive ketones (excluding diaryl/α,β-unsaturated/α-hetero) is 1. The van der Waals surface area contributed by atoms with Gasteiger partial charge in [0.15, 0.2) is 5.78 Å². The molecule has 0 saturated carbocycles. The van der Waals surface area contributed by atoms with Gasteiger partial charge in [0.2, 0.25) is 0 Å². The van der Waals surface area contributed by atoms with Crippen LogP contribution in [0, 0.1) is 5.41 Å². The van der Waals surface area contributed by atoms with Gasteiger partial charge in [0.1, 0.15) is 0 Å². The van der Waals surface area contributed by atoms with Gasteiger partial charge < -0.3 is 0 Å². The van der Waals surface area contributed by atoms with Crippen molar-refractivity contribution in [1.82, 2.24) is 0 Å². The van der Waals surface area contributed by atoms with E-state index in [1.54, 1.807) is 6.92 Å². The van der Waals surface area contributed by atoms with Crippen molar-refractivity contribution >= 4 is 5.78 Å². The van der Waals surface area contributed by atoms with Gasteiger partial charge in [-0.15, -0.1) is 0 Å². The fourth-order valence-electron chi connectivity index (χ4n) is 2.18. The van der Waals surface area contributed by atoms with E-state index in [9.17, 15) is 4.79 Å². The van der Waals surface area contributed by atoms with Gasteiger partial charge in [0, 0.05) is 5.57 Å². The minimum atomic E-state index is 0.0741. The highest BCUT2D eigenvalue weighted by Gasteiger charge is 2.31. The van der Waals surface area contributed by atoms with Crippen LogP contribution < -0.4 is 0 Å². The van der Waals surface area contributed by atoms with Crippen molar-refractivity contribution in [3.8, 4) is 0 Å². The molecule has 1 atom stereocenters. The molecule has 1 aliphatic carbocycles. The van der Waals surface area contributed by atoms with Crippen LogP contribution in [0.3, 0.4) is 0 Å². The normalized spacial score (nSPS) is 28.0. The van der Waals surface area contributed by atoms with E-state index in [0.717, 1.165) is 24.0 Å². The molecule has 0 N–H and O–H groups in total. The van der Waals surface area contributed by atoms with Crippen molar-refractivity contribution in [2.45, 2.75) is 40.5 Å². The molecule has 1 aliphatic rings. The van der Waals surface area contributed by atoms with Gasteiger partial charge in [0.25, 0.3) is 0 Å². The Kier molecular flexibility index (Phi) is 2.74. The topological polar surface area (TPSA) is 17.1 Å². The van der Waals surface area contributed by atoms with Crippen LogP contribution in [0.25, 0.3) is 0 Å². The van der Waals surface area contributed by atoms with Crippen LogP contribution in [0.4, 0.5) is 0 Å². The van der Waals surface area contributed by atoms with Crippen molar-refractivity contribution in [2.24, 2.45) is 5.41 Å². The molecule has 0 aromatic rings. The maximum Gasteiger partial charge on any atom is 0.156 e. The van der Waals surface area contributed by atoms with Crippen molar-refractivity contribution in [1.29, 1.82) is 0 Å². The fraction of sp³-hybridized carbons (Fsp3) is 0.583. The Balaban J connectivity index is 3.17. The summed E-state index contributed by atoms with van der Waals surface area (Å²) in [4.78, 5) is 11.5. The van der Waals surface area contributed by atoms with Crippen LogP contribution in [0.5, 0.6) is 0 Å². The van der Waals surface area contributed by atoms with Gasteiger partial charge in [-0.3, -0.25) is 4.79 Å². The Bertz CT molecular complexity index is 283. The van der Waals surface area contributed by atoms with Crippen molar-refractivity contribution < 1.29 is 4.79 Å². The zero-order valence-electron chi connectivity index (χ0n) is 8.98. The van der Waals surface area contributed by atoms with Crippen LogP contribution in [0.2, 0.25) is 0 Å². The van der Waals surface area contributed by atoms with Crippen molar-refractivity contribution in [3.05, 3.63) is 23.3 Å². The largest absolute Gasteiger partial charge is 0.295 e. The van der Waals surface area contributed by atoms with Crippen LogP contribution in [-0.4, -0.2) is 5.78 Å². The third-order valence-electron chi connectivity index (χ3n) is 3.07. The molecule has 0 heterocycles. The molecule has 0 spiro atoms. The lowest BCUT2D eigenvalue weighted by atomic mass is 9.71.